The summed E-state index contributed by atoms with van der Waals surface area (Å²) in [4.78, 5) is 11.0. The molecule has 0 amide bonds. The standard InChI is InChI=1S/C9H15NO6S2/c11-9(12)8-2-1-4-10(8)18(15,16)7-3-5-17(13,14)6-7/h7-8H,1-6H2,(H,11,12). The highest BCUT2D eigenvalue weighted by Gasteiger charge is 2.46. The normalized spacial score (nSPS) is 32.7. The molecular weight excluding hydrogens is 282 g/mol. The van der Waals surface area contributed by atoms with Crippen LogP contribution in [0, 0.1) is 0 Å². The van der Waals surface area contributed by atoms with Gasteiger partial charge in [-0.05, 0) is 19.3 Å². The molecular formula is C9H15NO6S2. The lowest BCUT2D eigenvalue weighted by Crippen LogP contribution is -2.45. The smallest absolute Gasteiger partial charge is 0.322 e. The zero-order valence-corrected chi connectivity index (χ0v) is 11.3. The van der Waals surface area contributed by atoms with E-state index in [0.717, 1.165) is 4.31 Å². The van der Waals surface area contributed by atoms with E-state index in [1.807, 2.05) is 0 Å². The molecule has 2 heterocycles. The van der Waals surface area contributed by atoms with Gasteiger partial charge in [0.1, 0.15) is 6.04 Å². The Morgan fingerprint density at radius 2 is 1.94 bits per heavy atom. The number of aliphatic carboxylic acids is 1. The monoisotopic (exact) mass is 297 g/mol. The van der Waals surface area contributed by atoms with Gasteiger partial charge in [-0.3, -0.25) is 4.79 Å². The van der Waals surface area contributed by atoms with E-state index >= 15 is 0 Å². The van der Waals surface area contributed by atoms with Gasteiger partial charge in [0.05, 0.1) is 16.8 Å². The molecule has 2 fully saturated rings. The number of sulfone groups is 1. The third kappa shape index (κ3) is 2.39. The topological polar surface area (TPSA) is 109 Å². The average molecular weight is 297 g/mol. The summed E-state index contributed by atoms with van der Waals surface area (Å²) in [5.41, 5.74) is 0. The zero-order valence-electron chi connectivity index (χ0n) is 9.65. The minimum Gasteiger partial charge on any atom is -0.480 e. The fourth-order valence-electron chi connectivity index (χ4n) is 2.48. The number of hydrogen-bond donors (Lipinski definition) is 1. The van der Waals surface area contributed by atoms with Crippen molar-refractivity contribution >= 4 is 25.8 Å². The van der Waals surface area contributed by atoms with Crippen molar-refractivity contribution in [2.24, 2.45) is 0 Å². The van der Waals surface area contributed by atoms with Gasteiger partial charge in [0.25, 0.3) is 0 Å². The Morgan fingerprint density at radius 3 is 2.44 bits per heavy atom. The first kappa shape index (κ1) is 13.8. The van der Waals surface area contributed by atoms with Crippen molar-refractivity contribution < 1.29 is 26.7 Å². The molecule has 0 aliphatic carbocycles. The predicted octanol–water partition coefficient (Wildman–Crippen LogP) is -0.948. The number of carbonyl (C=O) groups is 1. The fraction of sp³-hybridized carbons (Fsp3) is 0.889. The van der Waals surface area contributed by atoms with Crippen molar-refractivity contribution in [1.82, 2.24) is 4.31 Å². The molecule has 104 valence electrons. The molecule has 0 aromatic rings. The molecule has 0 aromatic heterocycles. The molecule has 2 atom stereocenters. The Balaban J connectivity index is 2.24. The van der Waals surface area contributed by atoms with Crippen LogP contribution in [0.15, 0.2) is 0 Å². The number of carboxylic acids is 1. The second-order valence-corrected chi connectivity index (χ2v) is 9.07. The summed E-state index contributed by atoms with van der Waals surface area (Å²) in [6, 6.07) is -1.04. The van der Waals surface area contributed by atoms with Crippen LogP contribution < -0.4 is 0 Å². The Bertz CT molecular complexity index is 552. The highest BCUT2D eigenvalue weighted by atomic mass is 32.2. The molecule has 7 nitrogen and oxygen atoms in total. The van der Waals surface area contributed by atoms with Crippen LogP contribution in [0.4, 0.5) is 0 Å². The van der Waals surface area contributed by atoms with Crippen molar-refractivity contribution in [2.45, 2.75) is 30.6 Å². The van der Waals surface area contributed by atoms with E-state index in [2.05, 4.69) is 0 Å². The van der Waals surface area contributed by atoms with E-state index in [1.54, 1.807) is 0 Å². The number of nitrogens with zero attached hydrogens (tertiary/aromatic N) is 1. The summed E-state index contributed by atoms with van der Waals surface area (Å²) in [5, 5.41) is 7.98. The van der Waals surface area contributed by atoms with Crippen molar-refractivity contribution in [1.29, 1.82) is 0 Å². The first-order valence-corrected chi connectivity index (χ1v) is 9.00. The molecule has 0 radical (unpaired) electrons. The van der Waals surface area contributed by atoms with Crippen LogP contribution in [0.3, 0.4) is 0 Å². The van der Waals surface area contributed by atoms with Gasteiger partial charge in [0, 0.05) is 6.54 Å². The highest BCUT2D eigenvalue weighted by molar-refractivity contribution is 7.95. The molecule has 0 aromatic carbocycles. The summed E-state index contributed by atoms with van der Waals surface area (Å²) in [7, 11) is -7.13. The highest BCUT2D eigenvalue weighted by Crippen LogP contribution is 2.28. The molecule has 2 rings (SSSR count). The summed E-state index contributed by atoms with van der Waals surface area (Å²) in [6.45, 7) is 0.163. The molecule has 18 heavy (non-hydrogen) atoms. The molecule has 0 spiro atoms. The summed E-state index contributed by atoms with van der Waals surface area (Å²) >= 11 is 0. The second kappa shape index (κ2) is 4.46. The Hall–Kier alpha value is -0.670. The molecule has 1 N–H and O–H groups in total. The lowest BCUT2D eigenvalue weighted by molar-refractivity contribution is -0.140. The van der Waals surface area contributed by atoms with Gasteiger partial charge in [-0.25, -0.2) is 16.8 Å². The van der Waals surface area contributed by atoms with Crippen LogP contribution in [0.2, 0.25) is 0 Å². The zero-order chi connectivity index (χ0) is 13.6. The Labute approximate surface area is 106 Å². The third-order valence-electron chi connectivity index (χ3n) is 3.43. The molecule has 2 aliphatic rings. The largest absolute Gasteiger partial charge is 0.480 e. The Morgan fingerprint density at radius 1 is 1.28 bits per heavy atom. The van der Waals surface area contributed by atoms with E-state index in [9.17, 15) is 21.6 Å². The van der Waals surface area contributed by atoms with Crippen molar-refractivity contribution in [3.8, 4) is 0 Å². The van der Waals surface area contributed by atoms with E-state index in [0.29, 0.717) is 6.42 Å². The molecule has 0 bridgehead atoms. The average Bonchev–Trinajstić information content (AvgIpc) is 2.83. The van der Waals surface area contributed by atoms with Crippen molar-refractivity contribution in [2.75, 3.05) is 18.1 Å². The Kier molecular flexibility index (Phi) is 3.41. The molecule has 9 heteroatoms. The van der Waals surface area contributed by atoms with Gasteiger partial charge in [0.15, 0.2) is 9.84 Å². The number of hydrogen-bond acceptors (Lipinski definition) is 5. The maximum Gasteiger partial charge on any atom is 0.322 e. The maximum atomic E-state index is 12.2. The summed E-state index contributed by atoms with van der Waals surface area (Å²) in [6.07, 6.45) is 0.844. The van der Waals surface area contributed by atoms with E-state index < -0.39 is 42.9 Å². The second-order valence-electron chi connectivity index (χ2n) is 4.68. The van der Waals surface area contributed by atoms with Gasteiger partial charge in [-0.1, -0.05) is 0 Å². The van der Waals surface area contributed by atoms with Gasteiger partial charge in [0.2, 0.25) is 10.0 Å². The summed E-state index contributed by atoms with van der Waals surface area (Å²) in [5.74, 6) is -1.70. The minimum absolute atomic E-state index is 0.0630. The number of carboxylic acid groups (broad SMARTS) is 1. The van der Waals surface area contributed by atoms with E-state index in [-0.39, 0.29) is 25.1 Å². The van der Waals surface area contributed by atoms with Crippen LogP contribution in [0.1, 0.15) is 19.3 Å². The first-order chi connectivity index (χ1) is 8.24. The van der Waals surface area contributed by atoms with Gasteiger partial charge < -0.3 is 5.11 Å². The van der Waals surface area contributed by atoms with Crippen molar-refractivity contribution in [3.05, 3.63) is 0 Å². The van der Waals surface area contributed by atoms with Crippen LogP contribution >= 0.6 is 0 Å². The predicted molar refractivity (Wildman–Crippen MR) is 63.3 cm³/mol. The molecule has 0 saturated carbocycles. The van der Waals surface area contributed by atoms with Crippen LogP contribution in [0.5, 0.6) is 0 Å². The van der Waals surface area contributed by atoms with Gasteiger partial charge in [-0.2, -0.15) is 4.31 Å². The fourth-order valence-corrected chi connectivity index (χ4v) is 7.21. The summed E-state index contributed by atoms with van der Waals surface area (Å²) < 4.78 is 48.1. The lowest BCUT2D eigenvalue weighted by atomic mass is 10.2. The molecule has 2 aliphatic heterocycles. The van der Waals surface area contributed by atoms with Gasteiger partial charge >= 0.3 is 5.97 Å². The van der Waals surface area contributed by atoms with Gasteiger partial charge in [-0.15, -0.1) is 0 Å². The molecule has 2 saturated heterocycles. The van der Waals surface area contributed by atoms with Crippen molar-refractivity contribution in [3.63, 3.8) is 0 Å². The van der Waals surface area contributed by atoms with Crippen LogP contribution in [-0.2, 0) is 24.7 Å². The third-order valence-corrected chi connectivity index (χ3v) is 7.74. The van der Waals surface area contributed by atoms with E-state index in [1.165, 1.54) is 0 Å². The van der Waals surface area contributed by atoms with E-state index in [4.69, 9.17) is 5.11 Å². The number of sulfonamides is 1. The molecule has 2 unspecified atom stereocenters. The number of rotatable bonds is 3. The quantitative estimate of drug-likeness (QED) is 0.719. The lowest BCUT2D eigenvalue weighted by Gasteiger charge is -2.23. The first-order valence-electron chi connectivity index (χ1n) is 5.68. The maximum absolute atomic E-state index is 12.2. The SMILES string of the molecule is O=C(O)C1CCCN1S(=O)(=O)C1CCS(=O)(=O)C1. The van der Waals surface area contributed by atoms with Crippen LogP contribution in [0.25, 0.3) is 0 Å². The van der Waals surface area contributed by atoms with Crippen LogP contribution in [-0.4, -0.2) is 61.6 Å². The minimum atomic E-state index is -3.83.